The van der Waals surface area contributed by atoms with Gasteiger partial charge < -0.3 is 11.1 Å². The number of nitrogens with two attached hydrogens (primary N) is 1. The summed E-state index contributed by atoms with van der Waals surface area (Å²) in [4.78, 5) is 1.27. The van der Waals surface area contributed by atoms with Crippen LogP contribution < -0.4 is 11.1 Å². The van der Waals surface area contributed by atoms with Crippen LogP contribution in [-0.2, 0) is 6.54 Å². The number of hydrogen-bond acceptors (Lipinski definition) is 3. The fraction of sp³-hybridized carbons (Fsp3) is 0.636. The van der Waals surface area contributed by atoms with Gasteiger partial charge in [0.05, 0.1) is 0 Å². The van der Waals surface area contributed by atoms with Crippen molar-refractivity contribution in [1.82, 2.24) is 5.32 Å². The monoisotopic (exact) mass is 210 g/mol. The van der Waals surface area contributed by atoms with Crippen LogP contribution in [0.2, 0.25) is 0 Å². The molecule has 0 aliphatic heterocycles. The maximum absolute atomic E-state index is 5.80. The van der Waals surface area contributed by atoms with Crippen molar-refractivity contribution in [3.8, 4) is 0 Å². The number of rotatable bonds is 4. The Balaban J connectivity index is 1.72. The zero-order valence-electron chi connectivity index (χ0n) is 8.84. The van der Waals surface area contributed by atoms with Crippen LogP contribution in [0.3, 0.4) is 0 Å². The molecule has 0 amide bonds. The molecule has 3 N–H and O–H groups in total. The van der Waals surface area contributed by atoms with Gasteiger partial charge in [-0.3, -0.25) is 0 Å². The van der Waals surface area contributed by atoms with Crippen molar-refractivity contribution in [2.24, 2.45) is 11.3 Å². The molecule has 14 heavy (non-hydrogen) atoms. The van der Waals surface area contributed by atoms with E-state index in [0.29, 0.717) is 5.41 Å². The molecule has 78 valence electrons. The lowest BCUT2D eigenvalue weighted by Gasteiger charge is -2.05. The molecule has 0 radical (unpaired) electrons. The molecule has 0 aromatic carbocycles. The van der Waals surface area contributed by atoms with Gasteiger partial charge in [-0.05, 0) is 35.7 Å². The van der Waals surface area contributed by atoms with E-state index in [1.54, 1.807) is 11.3 Å². The summed E-state index contributed by atoms with van der Waals surface area (Å²) < 4.78 is 0. The summed E-state index contributed by atoms with van der Waals surface area (Å²) in [6.45, 7) is 6.72. The number of anilines is 1. The van der Waals surface area contributed by atoms with Gasteiger partial charge in [-0.2, -0.15) is 0 Å². The van der Waals surface area contributed by atoms with E-state index in [4.69, 9.17) is 5.73 Å². The lowest BCUT2D eigenvalue weighted by atomic mass is 10.1. The van der Waals surface area contributed by atoms with Crippen LogP contribution in [-0.4, -0.2) is 6.54 Å². The minimum absolute atomic E-state index is 0.577. The van der Waals surface area contributed by atoms with E-state index in [1.165, 1.54) is 11.3 Å². The van der Waals surface area contributed by atoms with Crippen molar-refractivity contribution in [1.29, 1.82) is 0 Å². The van der Waals surface area contributed by atoms with Gasteiger partial charge in [-0.15, -0.1) is 11.3 Å². The number of hydrogen-bond donors (Lipinski definition) is 2. The number of thiophene rings is 1. The maximum Gasteiger partial charge on any atom is 0.0468 e. The highest BCUT2D eigenvalue weighted by molar-refractivity contribution is 7.10. The molecule has 2 nitrogen and oxygen atoms in total. The Bertz CT molecular complexity index is 317. The molecule has 0 saturated heterocycles. The van der Waals surface area contributed by atoms with E-state index in [1.807, 2.05) is 11.4 Å². The van der Waals surface area contributed by atoms with Gasteiger partial charge in [-0.25, -0.2) is 0 Å². The van der Waals surface area contributed by atoms with E-state index < -0.39 is 0 Å². The van der Waals surface area contributed by atoms with Gasteiger partial charge in [-0.1, -0.05) is 13.8 Å². The molecule has 1 fully saturated rings. The molecular weight excluding hydrogens is 192 g/mol. The molecule has 1 unspecified atom stereocenters. The van der Waals surface area contributed by atoms with Crippen LogP contribution >= 0.6 is 11.3 Å². The third-order valence-corrected chi connectivity index (χ3v) is 4.11. The third-order valence-electron chi connectivity index (χ3n) is 3.17. The first kappa shape index (κ1) is 9.99. The average Bonchev–Trinajstić information content (AvgIpc) is 2.53. The second kappa shape index (κ2) is 3.55. The van der Waals surface area contributed by atoms with Gasteiger partial charge in [0.25, 0.3) is 0 Å². The van der Waals surface area contributed by atoms with Gasteiger partial charge >= 0.3 is 0 Å². The molecule has 2 rings (SSSR count). The molecule has 0 spiro atoms. The third kappa shape index (κ3) is 2.10. The van der Waals surface area contributed by atoms with Crippen molar-refractivity contribution < 1.29 is 0 Å². The largest absolute Gasteiger partial charge is 0.398 e. The van der Waals surface area contributed by atoms with Gasteiger partial charge in [0.1, 0.15) is 0 Å². The van der Waals surface area contributed by atoms with Crippen LogP contribution in [0.15, 0.2) is 11.4 Å². The van der Waals surface area contributed by atoms with E-state index in [9.17, 15) is 0 Å². The van der Waals surface area contributed by atoms with Crippen molar-refractivity contribution in [2.75, 3.05) is 12.3 Å². The molecule has 0 bridgehead atoms. The second-order valence-corrected chi connectivity index (χ2v) is 5.82. The first-order chi connectivity index (χ1) is 6.59. The average molecular weight is 210 g/mol. The SMILES string of the molecule is CC1(C)CC1CNCc1sccc1N. The zero-order valence-corrected chi connectivity index (χ0v) is 9.66. The predicted octanol–water partition coefficient (Wildman–Crippen LogP) is 2.47. The quantitative estimate of drug-likeness (QED) is 0.801. The first-order valence-electron chi connectivity index (χ1n) is 5.12. The summed E-state index contributed by atoms with van der Waals surface area (Å²) in [5, 5.41) is 5.53. The topological polar surface area (TPSA) is 38.0 Å². The Morgan fingerprint density at radius 2 is 2.36 bits per heavy atom. The van der Waals surface area contributed by atoms with Gasteiger partial charge in [0.2, 0.25) is 0 Å². The van der Waals surface area contributed by atoms with E-state index in [-0.39, 0.29) is 0 Å². The number of nitrogens with one attached hydrogen (secondary N) is 1. The molecule has 1 atom stereocenters. The minimum Gasteiger partial charge on any atom is -0.398 e. The number of nitrogen functional groups attached to an aromatic ring is 1. The van der Waals surface area contributed by atoms with Crippen LogP contribution in [0, 0.1) is 11.3 Å². The molecule has 3 heteroatoms. The normalized spacial score (nSPS) is 23.7. The Hall–Kier alpha value is -0.540. The maximum atomic E-state index is 5.80. The predicted molar refractivity (Wildman–Crippen MR) is 62.3 cm³/mol. The van der Waals surface area contributed by atoms with E-state index >= 15 is 0 Å². The van der Waals surface area contributed by atoms with Crippen LogP contribution in [0.4, 0.5) is 5.69 Å². The Kier molecular flexibility index (Phi) is 2.54. The van der Waals surface area contributed by atoms with Crippen LogP contribution in [0.1, 0.15) is 25.1 Å². The summed E-state index contributed by atoms with van der Waals surface area (Å²) in [7, 11) is 0. The van der Waals surface area contributed by atoms with Crippen molar-refractivity contribution >= 4 is 17.0 Å². The molecule has 1 saturated carbocycles. The molecule has 1 aliphatic carbocycles. The highest BCUT2D eigenvalue weighted by Gasteiger charge is 2.44. The lowest BCUT2D eigenvalue weighted by Crippen LogP contribution is -2.17. The summed E-state index contributed by atoms with van der Waals surface area (Å²) in [6.07, 6.45) is 1.36. The molecular formula is C11H18N2S. The van der Waals surface area contributed by atoms with Crippen molar-refractivity contribution in [2.45, 2.75) is 26.8 Å². The summed E-state index contributed by atoms with van der Waals surface area (Å²) >= 11 is 1.73. The standard InChI is InChI=1S/C11H18N2S/c1-11(2)5-8(11)6-13-7-10-9(12)3-4-14-10/h3-4,8,13H,5-7,12H2,1-2H3. The van der Waals surface area contributed by atoms with Crippen molar-refractivity contribution in [3.63, 3.8) is 0 Å². The van der Waals surface area contributed by atoms with Crippen molar-refractivity contribution in [3.05, 3.63) is 16.3 Å². The van der Waals surface area contributed by atoms with Gasteiger partial charge in [0, 0.05) is 17.1 Å². The highest BCUT2D eigenvalue weighted by Crippen LogP contribution is 2.50. The fourth-order valence-corrected chi connectivity index (χ4v) is 2.55. The highest BCUT2D eigenvalue weighted by atomic mass is 32.1. The zero-order chi connectivity index (χ0) is 10.2. The summed E-state index contributed by atoms with van der Waals surface area (Å²) in [5.41, 5.74) is 7.30. The Morgan fingerprint density at radius 3 is 2.86 bits per heavy atom. The molecule has 1 aromatic rings. The second-order valence-electron chi connectivity index (χ2n) is 4.82. The Morgan fingerprint density at radius 1 is 1.64 bits per heavy atom. The van der Waals surface area contributed by atoms with E-state index in [0.717, 1.165) is 24.7 Å². The van der Waals surface area contributed by atoms with E-state index in [2.05, 4.69) is 19.2 Å². The first-order valence-corrected chi connectivity index (χ1v) is 6.00. The smallest absolute Gasteiger partial charge is 0.0468 e. The van der Waals surface area contributed by atoms with Crippen LogP contribution in [0.25, 0.3) is 0 Å². The van der Waals surface area contributed by atoms with Crippen LogP contribution in [0.5, 0.6) is 0 Å². The molecule has 1 heterocycles. The Labute approximate surface area is 89.5 Å². The molecule has 1 aromatic heterocycles. The van der Waals surface area contributed by atoms with Gasteiger partial charge in [0.15, 0.2) is 0 Å². The summed E-state index contributed by atoms with van der Waals surface area (Å²) in [5.74, 6) is 0.865. The minimum atomic E-state index is 0.577. The lowest BCUT2D eigenvalue weighted by molar-refractivity contribution is 0.521. The summed E-state index contributed by atoms with van der Waals surface area (Å²) in [6, 6.07) is 1.97. The fourth-order valence-electron chi connectivity index (χ4n) is 1.78. The molecule has 1 aliphatic rings.